The third-order valence-corrected chi connectivity index (χ3v) is 7.21. The lowest BCUT2D eigenvalue weighted by Crippen LogP contribution is -2.54. The van der Waals surface area contributed by atoms with Crippen molar-refractivity contribution in [3.63, 3.8) is 0 Å². The summed E-state index contributed by atoms with van der Waals surface area (Å²) in [6, 6.07) is 2.35. The van der Waals surface area contributed by atoms with E-state index in [4.69, 9.17) is 0 Å². The fraction of sp³-hybridized carbons (Fsp3) is 0.556. The van der Waals surface area contributed by atoms with E-state index in [-0.39, 0.29) is 43.9 Å². The zero-order valence-electron chi connectivity index (χ0n) is 15.6. The molecule has 2 saturated heterocycles. The van der Waals surface area contributed by atoms with Crippen LogP contribution in [0, 0.1) is 17.6 Å². The lowest BCUT2D eigenvalue weighted by atomic mass is 9.96. The number of likely N-dealkylation sites (tertiary alicyclic amines) is 1. The molecule has 2 aliphatic heterocycles. The van der Waals surface area contributed by atoms with Gasteiger partial charge in [-0.25, -0.2) is 17.2 Å². The molecular formula is C18H23F2N3O4S. The number of sulfonamides is 1. The number of benzene rings is 1. The molecule has 10 heteroatoms. The van der Waals surface area contributed by atoms with Crippen LogP contribution in [-0.4, -0.2) is 73.6 Å². The molecule has 0 bridgehead atoms. The van der Waals surface area contributed by atoms with Crippen LogP contribution in [0.15, 0.2) is 23.1 Å². The minimum atomic E-state index is -4.10. The largest absolute Gasteiger partial charge is 0.342 e. The normalized spacial score (nSPS) is 21.6. The molecule has 0 saturated carbocycles. The Hall–Kier alpha value is -2.07. The lowest BCUT2D eigenvalue weighted by Gasteiger charge is -2.38. The van der Waals surface area contributed by atoms with Crippen LogP contribution in [0.4, 0.5) is 8.78 Å². The minimum absolute atomic E-state index is 0.0357. The molecule has 2 fully saturated rings. The Labute approximate surface area is 162 Å². The van der Waals surface area contributed by atoms with Gasteiger partial charge in [-0.1, -0.05) is 0 Å². The molecule has 154 valence electrons. The van der Waals surface area contributed by atoms with E-state index >= 15 is 0 Å². The van der Waals surface area contributed by atoms with Crippen LogP contribution in [0.3, 0.4) is 0 Å². The second kappa shape index (κ2) is 8.12. The Kier molecular flexibility index (Phi) is 5.99. The number of hydrogen-bond acceptors (Lipinski definition) is 4. The van der Waals surface area contributed by atoms with Crippen molar-refractivity contribution in [3.8, 4) is 0 Å². The van der Waals surface area contributed by atoms with Crippen molar-refractivity contribution in [2.75, 3.05) is 39.3 Å². The number of halogens is 2. The second-order valence-corrected chi connectivity index (χ2v) is 9.01. The van der Waals surface area contributed by atoms with Crippen LogP contribution in [0.25, 0.3) is 0 Å². The van der Waals surface area contributed by atoms with Gasteiger partial charge in [-0.2, -0.15) is 4.31 Å². The van der Waals surface area contributed by atoms with Gasteiger partial charge in [-0.15, -0.1) is 0 Å². The highest BCUT2D eigenvalue weighted by Crippen LogP contribution is 2.23. The highest BCUT2D eigenvalue weighted by Gasteiger charge is 2.35. The van der Waals surface area contributed by atoms with Crippen LogP contribution in [0.1, 0.15) is 19.8 Å². The first-order chi connectivity index (χ1) is 13.2. The van der Waals surface area contributed by atoms with Gasteiger partial charge in [0.25, 0.3) is 0 Å². The van der Waals surface area contributed by atoms with Crippen molar-refractivity contribution in [2.45, 2.75) is 24.7 Å². The molecule has 1 atom stereocenters. The van der Waals surface area contributed by atoms with Gasteiger partial charge >= 0.3 is 0 Å². The Bertz CT molecular complexity index is 870. The zero-order chi connectivity index (χ0) is 20.5. The molecule has 0 radical (unpaired) electrons. The van der Waals surface area contributed by atoms with Gasteiger partial charge in [0, 0.05) is 52.3 Å². The molecule has 1 aromatic carbocycles. The molecule has 3 rings (SSSR count). The van der Waals surface area contributed by atoms with Crippen LogP contribution in [0.5, 0.6) is 0 Å². The molecule has 0 aromatic heterocycles. The van der Waals surface area contributed by atoms with Gasteiger partial charge in [-0.3, -0.25) is 9.59 Å². The van der Waals surface area contributed by atoms with Crippen LogP contribution >= 0.6 is 0 Å². The summed E-state index contributed by atoms with van der Waals surface area (Å²) in [5, 5.41) is 0. The fourth-order valence-corrected chi connectivity index (χ4v) is 5.16. The number of carbonyl (C=O) groups is 2. The number of nitrogens with zero attached hydrogens (tertiary/aromatic N) is 3. The number of rotatable bonds is 3. The van der Waals surface area contributed by atoms with E-state index in [1.165, 1.54) is 6.92 Å². The Morgan fingerprint density at radius 1 is 1.04 bits per heavy atom. The van der Waals surface area contributed by atoms with Gasteiger partial charge in [0.1, 0.15) is 16.5 Å². The number of carbonyl (C=O) groups excluding carboxylic acids is 2. The summed E-state index contributed by atoms with van der Waals surface area (Å²) in [5.41, 5.74) is 0. The summed E-state index contributed by atoms with van der Waals surface area (Å²) in [6.45, 7) is 2.96. The van der Waals surface area contributed by atoms with Gasteiger partial charge < -0.3 is 9.80 Å². The molecule has 0 N–H and O–H groups in total. The number of piperidine rings is 1. The maximum absolute atomic E-state index is 13.9. The van der Waals surface area contributed by atoms with Crippen molar-refractivity contribution < 1.29 is 26.8 Å². The third-order valence-electron chi connectivity index (χ3n) is 5.28. The fourth-order valence-electron chi connectivity index (χ4n) is 3.70. The van der Waals surface area contributed by atoms with Crippen LogP contribution in [0.2, 0.25) is 0 Å². The summed E-state index contributed by atoms with van der Waals surface area (Å²) in [6.07, 6.45) is 1.45. The minimum Gasteiger partial charge on any atom is -0.342 e. The number of piperazine rings is 1. The van der Waals surface area contributed by atoms with Crippen molar-refractivity contribution in [3.05, 3.63) is 29.8 Å². The van der Waals surface area contributed by atoms with E-state index < -0.39 is 26.6 Å². The maximum atomic E-state index is 13.9. The maximum Gasteiger partial charge on any atom is 0.246 e. The number of amides is 2. The summed E-state index contributed by atoms with van der Waals surface area (Å²) in [5.74, 6) is -2.41. The highest BCUT2D eigenvalue weighted by atomic mass is 32.2. The van der Waals surface area contributed by atoms with Crippen molar-refractivity contribution in [1.29, 1.82) is 0 Å². The van der Waals surface area contributed by atoms with E-state index in [1.54, 1.807) is 9.80 Å². The Morgan fingerprint density at radius 2 is 1.71 bits per heavy atom. The molecule has 0 aliphatic carbocycles. The molecule has 0 spiro atoms. The lowest BCUT2D eigenvalue weighted by molar-refractivity contribution is -0.141. The van der Waals surface area contributed by atoms with Crippen LogP contribution < -0.4 is 0 Å². The summed E-state index contributed by atoms with van der Waals surface area (Å²) in [4.78, 5) is 27.0. The van der Waals surface area contributed by atoms with E-state index in [2.05, 4.69) is 0 Å². The van der Waals surface area contributed by atoms with Crippen molar-refractivity contribution in [1.82, 2.24) is 14.1 Å². The first kappa shape index (κ1) is 20.7. The first-order valence-electron chi connectivity index (χ1n) is 9.19. The quantitative estimate of drug-likeness (QED) is 0.740. The average Bonchev–Trinajstić information content (AvgIpc) is 2.67. The molecule has 28 heavy (non-hydrogen) atoms. The predicted molar refractivity (Wildman–Crippen MR) is 96.7 cm³/mol. The molecule has 1 aromatic rings. The molecule has 2 heterocycles. The van der Waals surface area contributed by atoms with E-state index in [9.17, 15) is 26.8 Å². The predicted octanol–water partition coefficient (Wildman–Crippen LogP) is 1.06. The van der Waals surface area contributed by atoms with Gasteiger partial charge in [0.2, 0.25) is 21.8 Å². The molecule has 0 unspecified atom stereocenters. The monoisotopic (exact) mass is 415 g/mol. The topological polar surface area (TPSA) is 78.0 Å². The molecule has 7 nitrogen and oxygen atoms in total. The van der Waals surface area contributed by atoms with Crippen molar-refractivity contribution in [2.24, 2.45) is 5.92 Å². The summed E-state index contributed by atoms with van der Waals surface area (Å²) >= 11 is 0. The summed E-state index contributed by atoms with van der Waals surface area (Å²) < 4.78 is 53.3. The van der Waals surface area contributed by atoms with Gasteiger partial charge in [0.05, 0.1) is 5.92 Å². The zero-order valence-corrected chi connectivity index (χ0v) is 16.4. The SMILES string of the molecule is CC(=O)N1CCC[C@@H](C(=O)N2CCN(S(=O)(=O)c3ccc(F)cc3F)CC2)C1. The third kappa shape index (κ3) is 4.17. The standard InChI is InChI=1S/C18H23F2N3O4S/c1-13(24)22-6-2-3-14(12-22)18(25)21-7-9-23(10-8-21)28(26,27)17-5-4-15(19)11-16(17)20/h4-5,11,14H,2-3,6-10,12H2,1H3/t14-/m1/s1. The van der Waals surface area contributed by atoms with Crippen LogP contribution in [-0.2, 0) is 19.6 Å². The van der Waals surface area contributed by atoms with Gasteiger partial charge in [0.15, 0.2) is 0 Å². The number of hydrogen-bond donors (Lipinski definition) is 0. The highest BCUT2D eigenvalue weighted by molar-refractivity contribution is 7.89. The van der Waals surface area contributed by atoms with E-state index in [0.717, 1.165) is 22.9 Å². The molecule has 2 amide bonds. The average molecular weight is 415 g/mol. The second-order valence-electron chi connectivity index (χ2n) is 7.11. The van der Waals surface area contributed by atoms with E-state index in [1.807, 2.05) is 0 Å². The van der Waals surface area contributed by atoms with E-state index in [0.29, 0.717) is 25.6 Å². The Morgan fingerprint density at radius 3 is 2.32 bits per heavy atom. The van der Waals surface area contributed by atoms with Gasteiger partial charge in [-0.05, 0) is 25.0 Å². The smallest absolute Gasteiger partial charge is 0.246 e. The van der Waals surface area contributed by atoms with Crippen molar-refractivity contribution >= 4 is 21.8 Å². The molecule has 2 aliphatic rings. The Balaban J connectivity index is 1.64. The summed E-state index contributed by atoms with van der Waals surface area (Å²) in [7, 11) is -4.10. The molecular weight excluding hydrogens is 392 g/mol. The first-order valence-corrected chi connectivity index (χ1v) is 10.6.